The monoisotopic (exact) mass is 266 g/mol. The van der Waals surface area contributed by atoms with E-state index >= 15 is 0 Å². The van der Waals surface area contributed by atoms with Gasteiger partial charge in [0.05, 0.1) is 0 Å². The van der Waals surface area contributed by atoms with Crippen molar-refractivity contribution >= 4 is 5.97 Å². The number of carboxylic acid groups (broad SMARTS) is 1. The summed E-state index contributed by atoms with van der Waals surface area (Å²) in [6.45, 7) is 1.62. The average Bonchev–Trinajstić information content (AvgIpc) is 2.34. The molecule has 2 aromatic rings. The first-order valence-corrected chi connectivity index (χ1v) is 5.51. The first-order valence-electron chi connectivity index (χ1n) is 5.51. The van der Waals surface area contributed by atoms with Crippen LogP contribution in [0.25, 0.3) is 11.1 Å². The molecular formula is C14H13NNaO3+. The van der Waals surface area contributed by atoms with Crippen LogP contribution in [0, 0.1) is 6.92 Å². The first-order chi connectivity index (χ1) is 8.52. The van der Waals surface area contributed by atoms with E-state index in [2.05, 4.69) is 0 Å². The third-order valence-electron chi connectivity index (χ3n) is 2.98. The van der Waals surface area contributed by atoms with Crippen LogP contribution >= 0.6 is 0 Å². The molecule has 1 heterocycles. The standard InChI is InChI=1S/C14H13NO3.Na/c1-9-12(14(17)18)13(16)11(8-15(9)2)10-6-4-3-5-7-10;/h3-8H,1-2H3,(H,17,18);/q;+1. The third-order valence-corrected chi connectivity index (χ3v) is 2.98. The van der Waals surface area contributed by atoms with Crippen LogP contribution in [-0.2, 0) is 7.05 Å². The zero-order chi connectivity index (χ0) is 13.3. The van der Waals surface area contributed by atoms with Crippen molar-refractivity contribution in [2.45, 2.75) is 6.92 Å². The molecule has 0 saturated carbocycles. The van der Waals surface area contributed by atoms with E-state index < -0.39 is 11.4 Å². The molecule has 0 aliphatic rings. The van der Waals surface area contributed by atoms with Crippen LogP contribution in [0.2, 0.25) is 0 Å². The van der Waals surface area contributed by atoms with E-state index in [0.717, 1.165) is 5.56 Å². The minimum atomic E-state index is -1.19. The molecule has 0 aliphatic heterocycles. The Morgan fingerprint density at radius 3 is 2.32 bits per heavy atom. The fourth-order valence-corrected chi connectivity index (χ4v) is 1.90. The summed E-state index contributed by atoms with van der Waals surface area (Å²) in [5, 5.41) is 9.13. The predicted octanol–water partition coefficient (Wildman–Crippen LogP) is -0.937. The molecule has 0 unspecified atom stereocenters. The minimum Gasteiger partial charge on any atom is -0.477 e. The largest absolute Gasteiger partial charge is 1.00 e. The number of benzene rings is 1. The molecular weight excluding hydrogens is 253 g/mol. The van der Waals surface area contributed by atoms with E-state index in [1.54, 1.807) is 36.9 Å². The number of aryl methyl sites for hydroxylation is 1. The zero-order valence-corrected chi connectivity index (χ0v) is 13.2. The SMILES string of the molecule is Cc1c(C(=O)O)c(=O)c(-c2ccccc2)cn1C.[Na+]. The van der Waals surface area contributed by atoms with Crippen molar-refractivity contribution in [2.24, 2.45) is 7.05 Å². The van der Waals surface area contributed by atoms with E-state index in [-0.39, 0.29) is 35.1 Å². The molecule has 1 N–H and O–H groups in total. The van der Waals surface area contributed by atoms with Gasteiger partial charge in [0.25, 0.3) is 0 Å². The first kappa shape index (κ1) is 15.7. The van der Waals surface area contributed by atoms with Crippen LogP contribution in [0.1, 0.15) is 16.1 Å². The van der Waals surface area contributed by atoms with Gasteiger partial charge in [-0.25, -0.2) is 4.79 Å². The summed E-state index contributed by atoms with van der Waals surface area (Å²) in [6, 6.07) is 9.06. The molecule has 0 amide bonds. The van der Waals surface area contributed by atoms with Crippen LogP contribution < -0.4 is 35.0 Å². The summed E-state index contributed by atoms with van der Waals surface area (Å²) in [7, 11) is 1.73. The number of carboxylic acids is 1. The van der Waals surface area contributed by atoms with Crippen molar-refractivity contribution in [3.63, 3.8) is 0 Å². The van der Waals surface area contributed by atoms with Crippen molar-refractivity contribution in [3.05, 3.63) is 58.0 Å². The Hall–Kier alpha value is -1.36. The number of nitrogens with zero attached hydrogens (tertiary/aromatic N) is 1. The second kappa shape index (κ2) is 6.19. The Balaban J connectivity index is 0.00000180. The topological polar surface area (TPSA) is 59.3 Å². The summed E-state index contributed by atoms with van der Waals surface area (Å²) in [4.78, 5) is 23.4. The van der Waals surface area contributed by atoms with E-state index in [1.807, 2.05) is 18.2 Å². The number of hydrogen-bond donors (Lipinski definition) is 1. The van der Waals surface area contributed by atoms with Crippen LogP contribution in [0.4, 0.5) is 0 Å². The van der Waals surface area contributed by atoms with Crippen molar-refractivity contribution in [1.82, 2.24) is 4.57 Å². The maximum atomic E-state index is 12.2. The second-order valence-electron chi connectivity index (χ2n) is 4.11. The van der Waals surface area contributed by atoms with Crippen molar-refractivity contribution < 1.29 is 39.5 Å². The predicted molar refractivity (Wildman–Crippen MR) is 68.8 cm³/mol. The quantitative estimate of drug-likeness (QED) is 0.714. The van der Waals surface area contributed by atoms with Crippen LogP contribution in [0.15, 0.2) is 41.3 Å². The maximum absolute atomic E-state index is 12.2. The minimum absolute atomic E-state index is 0. The molecule has 0 saturated heterocycles. The van der Waals surface area contributed by atoms with Crippen LogP contribution in [0.5, 0.6) is 0 Å². The molecule has 0 radical (unpaired) electrons. The van der Waals surface area contributed by atoms with Gasteiger partial charge in [0.15, 0.2) is 0 Å². The second-order valence-corrected chi connectivity index (χ2v) is 4.11. The molecule has 92 valence electrons. The van der Waals surface area contributed by atoms with E-state index in [1.165, 1.54) is 0 Å². The Bertz CT molecular complexity index is 662. The summed E-state index contributed by atoms with van der Waals surface area (Å²) in [6.07, 6.45) is 1.67. The Morgan fingerprint density at radius 2 is 1.79 bits per heavy atom. The molecule has 19 heavy (non-hydrogen) atoms. The van der Waals surface area contributed by atoms with Gasteiger partial charge in [0, 0.05) is 24.5 Å². The fourth-order valence-electron chi connectivity index (χ4n) is 1.90. The van der Waals surface area contributed by atoms with Crippen molar-refractivity contribution in [3.8, 4) is 11.1 Å². The van der Waals surface area contributed by atoms with E-state index in [4.69, 9.17) is 5.11 Å². The number of aromatic nitrogens is 1. The van der Waals surface area contributed by atoms with Crippen molar-refractivity contribution in [2.75, 3.05) is 0 Å². The molecule has 0 atom stereocenters. The Kier molecular flexibility index (Phi) is 5.11. The summed E-state index contributed by atoms with van der Waals surface area (Å²) in [5.74, 6) is -1.19. The van der Waals surface area contributed by atoms with Gasteiger partial charge in [-0.15, -0.1) is 0 Å². The average molecular weight is 266 g/mol. The van der Waals surface area contributed by atoms with Crippen molar-refractivity contribution in [1.29, 1.82) is 0 Å². The molecule has 4 nitrogen and oxygen atoms in total. The van der Waals surface area contributed by atoms with Gasteiger partial charge >= 0.3 is 35.5 Å². The molecule has 0 bridgehead atoms. The maximum Gasteiger partial charge on any atom is 1.00 e. The number of pyridine rings is 1. The summed E-state index contributed by atoms with van der Waals surface area (Å²) < 4.78 is 1.66. The number of rotatable bonds is 2. The molecule has 0 fully saturated rings. The zero-order valence-electron chi connectivity index (χ0n) is 11.2. The number of aromatic carboxylic acids is 1. The van der Waals surface area contributed by atoms with Gasteiger partial charge in [0.2, 0.25) is 5.43 Å². The fraction of sp³-hybridized carbons (Fsp3) is 0.143. The number of hydrogen-bond acceptors (Lipinski definition) is 2. The Morgan fingerprint density at radius 1 is 1.21 bits per heavy atom. The molecule has 0 spiro atoms. The molecule has 1 aromatic heterocycles. The van der Waals surface area contributed by atoms with Gasteiger partial charge in [-0.3, -0.25) is 4.79 Å². The van der Waals surface area contributed by atoms with E-state index in [9.17, 15) is 9.59 Å². The van der Waals surface area contributed by atoms with Crippen LogP contribution in [0.3, 0.4) is 0 Å². The molecule has 5 heteroatoms. The summed E-state index contributed by atoms with van der Waals surface area (Å²) >= 11 is 0. The van der Waals surface area contributed by atoms with Gasteiger partial charge in [-0.05, 0) is 12.5 Å². The van der Waals surface area contributed by atoms with Gasteiger partial charge in [-0.2, -0.15) is 0 Å². The molecule has 2 rings (SSSR count). The normalized spacial score (nSPS) is 9.79. The van der Waals surface area contributed by atoms with Gasteiger partial charge in [0.1, 0.15) is 5.56 Å². The number of carbonyl (C=O) groups is 1. The molecule has 1 aromatic carbocycles. The smallest absolute Gasteiger partial charge is 0.477 e. The molecule has 0 aliphatic carbocycles. The van der Waals surface area contributed by atoms with Gasteiger partial charge < -0.3 is 9.67 Å². The Labute approximate surface area is 133 Å². The van der Waals surface area contributed by atoms with Crippen LogP contribution in [-0.4, -0.2) is 15.6 Å². The summed E-state index contributed by atoms with van der Waals surface area (Å²) in [5.41, 5.74) is 0.969. The van der Waals surface area contributed by atoms with E-state index in [0.29, 0.717) is 11.3 Å². The van der Waals surface area contributed by atoms with Gasteiger partial charge in [-0.1, -0.05) is 30.3 Å². The third kappa shape index (κ3) is 2.97.